The van der Waals surface area contributed by atoms with Gasteiger partial charge in [0.05, 0.1) is 23.6 Å². The van der Waals surface area contributed by atoms with E-state index in [4.69, 9.17) is 9.29 Å². The van der Waals surface area contributed by atoms with Gasteiger partial charge < -0.3 is 9.30 Å². The average Bonchev–Trinajstić information content (AvgIpc) is 2.71. The molecule has 0 fully saturated rings. The third-order valence-electron chi connectivity index (χ3n) is 4.67. The zero-order valence-corrected chi connectivity index (χ0v) is 16.9. The largest absolute Gasteiger partial charge is 0.478 e. The van der Waals surface area contributed by atoms with Crippen LogP contribution < -0.4 is 10.3 Å². The highest BCUT2D eigenvalue weighted by Crippen LogP contribution is 2.26. The van der Waals surface area contributed by atoms with E-state index in [1.807, 2.05) is 0 Å². The number of rotatable bonds is 5. The average molecular weight is 447 g/mol. The van der Waals surface area contributed by atoms with E-state index in [1.165, 1.54) is 18.3 Å². The first-order valence-electron chi connectivity index (χ1n) is 9.06. The highest BCUT2D eigenvalue weighted by molar-refractivity contribution is 7.85. The van der Waals surface area contributed by atoms with Crippen LogP contribution >= 0.6 is 0 Å². The fraction of sp³-hybridized carbons (Fsp3) is 0.150. The smallest absolute Gasteiger partial charge is 0.294 e. The number of halogens is 2. The van der Waals surface area contributed by atoms with Gasteiger partial charge in [-0.15, -0.1) is 0 Å². The molecule has 1 aromatic carbocycles. The van der Waals surface area contributed by atoms with Crippen LogP contribution in [-0.4, -0.2) is 34.1 Å². The molecule has 0 aliphatic rings. The Labute approximate surface area is 174 Å². The van der Waals surface area contributed by atoms with Gasteiger partial charge in [0.2, 0.25) is 5.88 Å². The van der Waals surface area contributed by atoms with Gasteiger partial charge in [0.25, 0.3) is 15.7 Å². The molecule has 0 spiro atoms. The molecule has 31 heavy (non-hydrogen) atoms. The second-order valence-electron chi connectivity index (χ2n) is 6.61. The van der Waals surface area contributed by atoms with Crippen molar-refractivity contribution >= 4 is 32.1 Å². The number of aromatic nitrogens is 3. The molecule has 8 nitrogen and oxygen atoms in total. The van der Waals surface area contributed by atoms with Gasteiger partial charge in [0.1, 0.15) is 11.6 Å². The van der Waals surface area contributed by atoms with Crippen molar-refractivity contribution in [3.63, 3.8) is 0 Å². The fourth-order valence-corrected chi connectivity index (χ4v) is 3.77. The lowest BCUT2D eigenvalue weighted by atomic mass is 10.1. The summed E-state index contributed by atoms with van der Waals surface area (Å²) in [6.07, 6.45) is 1.48. The van der Waals surface area contributed by atoms with Crippen molar-refractivity contribution in [1.29, 1.82) is 0 Å². The summed E-state index contributed by atoms with van der Waals surface area (Å²) < 4.78 is 67.0. The van der Waals surface area contributed by atoms with Crippen LogP contribution in [-0.2, 0) is 16.7 Å². The monoisotopic (exact) mass is 447 g/mol. The van der Waals surface area contributed by atoms with E-state index in [9.17, 15) is 22.0 Å². The number of hydrogen-bond donors (Lipinski definition) is 1. The highest BCUT2D eigenvalue weighted by atomic mass is 32.2. The van der Waals surface area contributed by atoms with Crippen LogP contribution in [0.25, 0.3) is 21.9 Å². The number of pyridine rings is 3. The Morgan fingerprint density at radius 3 is 2.48 bits per heavy atom. The number of benzene rings is 1. The summed E-state index contributed by atoms with van der Waals surface area (Å²) in [5, 5.41) is 1.00. The number of nitrogens with zero attached hydrogens (tertiary/aromatic N) is 3. The third-order valence-corrected chi connectivity index (χ3v) is 5.50. The second kappa shape index (κ2) is 7.67. The van der Waals surface area contributed by atoms with E-state index in [2.05, 4.69) is 9.97 Å². The minimum absolute atomic E-state index is 0.278. The molecule has 0 aliphatic carbocycles. The third kappa shape index (κ3) is 3.84. The Balaban J connectivity index is 1.94. The highest BCUT2D eigenvalue weighted by Gasteiger charge is 2.20. The standard InChI is InChI=1S/C20H15F2N3O5S/c1-2-30-17-5-4-13-19-11(9-23-20(13)24-17)3-6-18(26)25(19)10-14-15(21)7-12(8-16(14)22)31(27,28)29/h3-9H,2,10H2,1H3,(H,27,28,29). The van der Waals surface area contributed by atoms with E-state index in [0.717, 1.165) is 4.57 Å². The second-order valence-corrected chi connectivity index (χ2v) is 8.04. The Kier molecular flexibility index (Phi) is 5.15. The van der Waals surface area contributed by atoms with Crippen LogP contribution in [0.5, 0.6) is 5.88 Å². The summed E-state index contributed by atoms with van der Waals surface area (Å²) >= 11 is 0. The normalized spacial score (nSPS) is 11.9. The predicted octanol–water partition coefficient (Wildman–Crippen LogP) is 2.92. The van der Waals surface area contributed by atoms with Crippen LogP contribution in [0.3, 0.4) is 0 Å². The van der Waals surface area contributed by atoms with E-state index in [0.29, 0.717) is 40.9 Å². The summed E-state index contributed by atoms with van der Waals surface area (Å²) in [5.41, 5.74) is -0.441. The van der Waals surface area contributed by atoms with Crippen molar-refractivity contribution in [3.8, 4) is 5.88 Å². The van der Waals surface area contributed by atoms with Crippen LogP contribution in [0.4, 0.5) is 8.78 Å². The molecule has 0 unspecified atom stereocenters. The lowest BCUT2D eigenvalue weighted by Gasteiger charge is -2.14. The maximum Gasteiger partial charge on any atom is 0.294 e. The lowest BCUT2D eigenvalue weighted by Crippen LogP contribution is -2.21. The fourth-order valence-electron chi connectivity index (χ4n) is 3.27. The first-order chi connectivity index (χ1) is 14.7. The van der Waals surface area contributed by atoms with Gasteiger partial charge in [0.15, 0.2) is 5.65 Å². The van der Waals surface area contributed by atoms with Crippen molar-refractivity contribution in [2.75, 3.05) is 6.61 Å². The van der Waals surface area contributed by atoms with Gasteiger partial charge in [-0.2, -0.15) is 13.4 Å². The molecule has 1 N–H and O–H groups in total. The number of hydrogen-bond acceptors (Lipinski definition) is 6. The zero-order chi connectivity index (χ0) is 22.3. The van der Waals surface area contributed by atoms with Gasteiger partial charge in [-0.25, -0.2) is 13.8 Å². The molecule has 3 heterocycles. The minimum Gasteiger partial charge on any atom is -0.478 e. The Morgan fingerprint density at radius 1 is 1.13 bits per heavy atom. The molecule has 0 saturated heterocycles. The van der Waals surface area contributed by atoms with Crippen molar-refractivity contribution < 1.29 is 26.5 Å². The number of ether oxygens (including phenoxy) is 1. The predicted molar refractivity (Wildman–Crippen MR) is 108 cm³/mol. The molecular formula is C20H15F2N3O5S. The molecule has 0 radical (unpaired) electrons. The quantitative estimate of drug-likeness (QED) is 0.370. The summed E-state index contributed by atoms with van der Waals surface area (Å²) in [6.45, 7) is 1.68. The van der Waals surface area contributed by atoms with Gasteiger partial charge in [-0.1, -0.05) is 0 Å². The maximum atomic E-state index is 14.5. The molecule has 11 heteroatoms. The van der Waals surface area contributed by atoms with Crippen molar-refractivity contribution in [1.82, 2.24) is 14.5 Å². The molecule has 0 aliphatic heterocycles. The number of fused-ring (bicyclic) bond motifs is 3. The van der Waals surface area contributed by atoms with Crippen LogP contribution in [0.1, 0.15) is 12.5 Å². The van der Waals surface area contributed by atoms with E-state index >= 15 is 0 Å². The summed E-state index contributed by atoms with van der Waals surface area (Å²) in [4.78, 5) is 20.2. The Hall–Kier alpha value is -3.44. The topological polar surface area (TPSA) is 111 Å². The van der Waals surface area contributed by atoms with Crippen LogP contribution in [0.15, 0.2) is 52.3 Å². The summed E-state index contributed by atoms with van der Waals surface area (Å²) in [6, 6.07) is 7.01. The van der Waals surface area contributed by atoms with Crippen molar-refractivity contribution in [2.45, 2.75) is 18.4 Å². The van der Waals surface area contributed by atoms with E-state index < -0.39 is 44.3 Å². The van der Waals surface area contributed by atoms with E-state index in [1.54, 1.807) is 19.1 Å². The first-order valence-corrected chi connectivity index (χ1v) is 10.5. The molecule has 4 rings (SSSR count). The molecule has 0 amide bonds. The van der Waals surface area contributed by atoms with Gasteiger partial charge in [-0.3, -0.25) is 9.35 Å². The van der Waals surface area contributed by atoms with Gasteiger partial charge in [-0.05, 0) is 31.2 Å². The van der Waals surface area contributed by atoms with Gasteiger partial charge >= 0.3 is 0 Å². The van der Waals surface area contributed by atoms with E-state index in [-0.39, 0.29) is 5.65 Å². The Bertz CT molecular complexity index is 1480. The molecule has 160 valence electrons. The van der Waals surface area contributed by atoms with Crippen LogP contribution in [0, 0.1) is 11.6 Å². The molecular weight excluding hydrogens is 432 g/mol. The Morgan fingerprint density at radius 2 is 1.84 bits per heavy atom. The summed E-state index contributed by atoms with van der Waals surface area (Å²) in [7, 11) is -4.79. The molecule has 3 aromatic heterocycles. The molecule has 0 saturated carbocycles. The SMILES string of the molecule is CCOc1ccc2c(ncc3ccc(=O)n(Cc4c(F)cc(S(=O)(=O)O)cc4F)c32)n1. The molecule has 0 bridgehead atoms. The molecule has 4 aromatic rings. The van der Waals surface area contributed by atoms with Crippen LogP contribution in [0.2, 0.25) is 0 Å². The zero-order valence-electron chi connectivity index (χ0n) is 16.0. The first kappa shape index (κ1) is 20.8. The maximum absolute atomic E-state index is 14.5. The van der Waals surface area contributed by atoms with Crippen molar-refractivity contribution in [2.24, 2.45) is 0 Å². The lowest BCUT2D eigenvalue weighted by molar-refractivity contribution is 0.328. The van der Waals surface area contributed by atoms with Gasteiger partial charge in [0, 0.05) is 34.7 Å². The summed E-state index contributed by atoms with van der Waals surface area (Å²) in [5.74, 6) is -2.09. The molecule has 0 atom stereocenters. The minimum atomic E-state index is -4.79. The van der Waals surface area contributed by atoms with Crippen molar-refractivity contribution in [3.05, 3.63) is 70.1 Å².